The number of morpholine rings is 1. The van der Waals surface area contributed by atoms with Gasteiger partial charge < -0.3 is 10.1 Å². The number of ether oxygens (including phenoxy) is 1. The molecule has 0 aromatic heterocycles. The summed E-state index contributed by atoms with van der Waals surface area (Å²) in [7, 11) is 0. The van der Waals surface area contributed by atoms with E-state index in [0.717, 1.165) is 19.5 Å². The molecule has 8 heteroatoms. The number of halogens is 1. The average molecular weight is 370 g/mol. The van der Waals surface area contributed by atoms with Crippen molar-refractivity contribution >= 4 is 23.2 Å². The van der Waals surface area contributed by atoms with E-state index in [9.17, 15) is 14.9 Å². The largest absolute Gasteiger partial charge is 0.379 e. The summed E-state index contributed by atoms with van der Waals surface area (Å²) in [5.74, 6) is 0.0278. The summed E-state index contributed by atoms with van der Waals surface area (Å²) in [6.45, 7) is 7.74. The molecule has 1 aromatic rings. The summed E-state index contributed by atoms with van der Waals surface area (Å²) < 4.78 is 5.39. The van der Waals surface area contributed by atoms with Gasteiger partial charge in [0.15, 0.2) is 0 Å². The van der Waals surface area contributed by atoms with E-state index in [1.165, 1.54) is 18.2 Å². The van der Waals surface area contributed by atoms with Gasteiger partial charge in [0.05, 0.1) is 18.1 Å². The van der Waals surface area contributed by atoms with Crippen molar-refractivity contribution in [3.05, 3.63) is 38.9 Å². The fourth-order valence-corrected chi connectivity index (χ4v) is 3.17. The highest BCUT2D eigenvalue weighted by molar-refractivity contribution is 6.31. The van der Waals surface area contributed by atoms with Crippen LogP contribution in [-0.4, -0.2) is 54.6 Å². The minimum absolute atomic E-state index is 0.0275. The molecule has 1 heterocycles. The van der Waals surface area contributed by atoms with Gasteiger partial charge in [-0.1, -0.05) is 25.4 Å². The van der Waals surface area contributed by atoms with Crippen LogP contribution in [0.5, 0.6) is 0 Å². The first-order valence-corrected chi connectivity index (χ1v) is 8.80. The SMILES string of the molecule is CC(C)CC(CNC(=O)c1ccc(Cl)cc1[N+](=O)[O-])N1CCOCC1. The molecule has 2 rings (SSSR count). The van der Waals surface area contributed by atoms with Crippen LogP contribution in [0.2, 0.25) is 5.02 Å². The lowest BCUT2D eigenvalue weighted by atomic mass is 10.0. The van der Waals surface area contributed by atoms with Gasteiger partial charge in [0.2, 0.25) is 0 Å². The second kappa shape index (κ2) is 9.12. The molecule has 0 spiro atoms. The summed E-state index contributed by atoms with van der Waals surface area (Å²) in [4.78, 5) is 25.3. The second-order valence-electron chi connectivity index (χ2n) is 6.56. The third kappa shape index (κ3) is 5.66. The molecule has 1 atom stereocenters. The van der Waals surface area contributed by atoms with Crippen LogP contribution in [0, 0.1) is 16.0 Å². The fourth-order valence-electron chi connectivity index (χ4n) is 3.00. The highest BCUT2D eigenvalue weighted by atomic mass is 35.5. The molecule has 1 aliphatic heterocycles. The first kappa shape index (κ1) is 19.6. The van der Waals surface area contributed by atoms with E-state index >= 15 is 0 Å². The number of carbonyl (C=O) groups is 1. The van der Waals surface area contributed by atoms with E-state index in [4.69, 9.17) is 16.3 Å². The maximum absolute atomic E-state index is 12.5. The van der Waals surface area contributed by atoms with Gasteiger partial charge >= 0.3 is 0 Å². The third-order valence-corrected chi connectivity index (χ3v) is 4.44. The molecule has 7 nitrogen and oxygen atoms in total. The van der Waals surface area contributed by atoms with Gasteiger partial charge in [-0.15, -0.1) is 0 Å². The van der Waals surface area contributed by atoms with Gasteiger partial charge in [-0.05, 0) is 24.5 Å². The van der Waals surface area contributed by atoms with E-state index in [2.05, 4.69) is 24.1 Å². The van der Waals surface area contributed by atoms with E-state index in [0.29, 0.717) is 25.7 Å². The molecule has 1 fully saturated rings. The molecule has 1 unspecified atom stereocenters. The monoisotopic (exact) mass is 369 g/mol. The zero-order valence-corrected chi connectivity index (χ0v) is 15.3. The number of nitrogens with zero attached hydrogens (tertiary/aromatic N) is 2. The summed E-state index contributed by atoms with van der Waals surface area (Å²) in [5.41, 5.74) is -0.253. The quantitative estimate of drug-likeness (QED) is 0.590. The molecule has 0 saturated carbocycles. The van der Waals surface area contributed by atoms with Crippen molar-refractivity contribution in [2.75, 3.05) is 32.8 Å². The number of nitrogens with one attached hydrogen (secondary N) is 1. The van der Waals surface area contributed by atoms with E-state index in [-0.39, 0.29) is 22.3 Å². The minimum Gasteiger partial charge on any atom is -0.379 e. The van der Waals surface area contributed by atoms with Crippen LogP contribution in [0.3, 0.4) is 0 Å². The van der Waals surface area contributed by atoms with Crippen molar-refractivity contribution in [2.45, 2.75) is 26.3 Å². The Hall–Kier alpha value is -1.70. The molecule has 1 aliphatic rings. The minimum atomic E-state index is -0.589. The molecule has 1 amide bonds. The first-order chi connectivity index (χ1) is 11.9. The van der Waals surface area contributed by atoms with Crippen LogP contribution in [0.1, 0.15) is 30.6 Å². The molecule has 1 N–H and O–H groups in total. The van der Waals surface area contributed by atoms with Crippen LogP contribution in [0.25, 0.3) is 0 Å². The Kier molecular flexibility index (Phi) is 7.16. The van der Waals surface area contributed by atoms with Crippen molar-refractivity contribution in [3.8, 4) is 0 Å². The predicted molar refractivity (Wildman–Crippen MR) is 96.1 cm³/mol. The molecule has 25 heavy (non-hydrogen) atoms. The standard InChI is InChI=1S/C17H24ClN3O4/c1-12(2)9-14(20-5-7-25-8-6-20)11-19-17(22)15-4-3-13(18)10-16(15)21(23)24/h3-4,10,12,14H,5-9,11H2,1-2H3,(H,19,22). The maximum Gasteiger partial charge on any atom is 0.283 e. The first-order valence-electron chi connectivity index (χ1n) is 8.42. The van der Waals surface area contributed by atoms with Crippen molar-refractivity contribution < 1.29 is 14.5 Å². The number of rotatable bonds is 7. The van der Waals surface area contributed by atoms with Gasteiger partial charge in [-0.25, -0.2) is 0 Å². The Balaban J connectivity index is 2.06. The second-order valence-corrected chi connectivity index (χ2v) is 7.00. The molecule has 1 aromatic carbocycles. The Morgan fingerprint density at radius 1 is 1.40 bits per heavy atom. The number of amides is 1. The van der Waals surface area contributed by atoms with Crippen LogP contribution in [0.4, 0.5) is 5.69 Å². The van der Waals surface area contributed by atoms with Crippen LogP contribution in [-0.2, 0) is 4.74 Å². The summed E-state index contributed by atoms with van der Waals surface area (Å²) in [6, 6.07) is 4.25. The number of nitro benzene ring substituents is 1. The third-order valence-electron chi connectivity index (χ3n) is 4.20. The van der Waals surface area contributed by atoms with E-state index in [1.54, 1.807) is 0 Å². The molecule has 0 aliphatic carbocycles. The fraction of sp³-hybridized carbons (Fsp3) is 0.588. The van der Waals surface area contributed by atoms with Gasteiger partial charge in [0.25, 0.3) is 11.6 Å². The predicted octanol–water partition coefficient (Wildman–Crippen LogP) is 2.72. The topological polar surface area (TPSA) is 84.7 Å². The van der Waals surface area contributed by atoms with Crippen molar-refractivity contribution in [2.24, 2.45) is 5.92 Å². The lowest BCUT2D eigenvalue weighted by Crippen LogP contribution is -2.49. The summed E-state index contributed by atoms with van der Waals surface area (Å²) >= 11 is 5.80. The summed E-state index contributed by atoms with van der Waals surface area (Å²) in [5, 5.41) is 14.2. The van der Waals surface area contributed by atoms with Gasteiger partial charge in [-0.3, -0.25) is 19.8 Å². The summed E-state index contributed by atoms with van der Waals surface area (Å²) in [6.07, 6.45) is 0.934. The van der Waals surface area contributed by atoms with E-state index < -0.39 is 10.8 Å². The maximum atomic E-state index is 12.5. The smallest absolute Gasteiger partial charge is 0.283 e. The van der Waals surface area contributed by atoms with Gasteiger partial charge in [0, 0.05) is 36.8 Å². The van der Waals surface area contributed by atoms with Crippen molar-refractivity contribution in [3.63, 3.8) is 0 Å². The van der Waals surface area contributed by atoms with Crippen LogP contribution >= 0.6 is 11.6 Å². The Morgan fingerprint density at radius 2 is 2.08 bits per heavy atom. The Morgan fingerprint density at radius 3 is 2.68 bits per heavy atom. The van der Waals surface area contributed by atoms with Crippen LogP contribution in [0.15, 0.2) is 18.2 Å². The number of benzene rings is 1. The van der Waals surface area contributed by atoms with Crippen molar-refractivity contribution in [1.29, 1.82) is 0 Å². The lowest BCUT2D eigenvalue weighted by Gasteiger charge is -2.35. The Labute approximate surface area is 152 Å². The molecule has 0 bridgehead atoms. The number of hydrogen-bond acceptors (Lipinski definition) is 5. The van der Waals surface area contributed by atoms with Crippen LogP contribution < -0.4 is 5.32 Å². The molecule has 0 radical (unpaired) electrons. The highest BCUT2D eigenvalue weighted by Gasteiger charge is 2.25. The van der Waals surface area contributed by atoms with Crippen molar-refractivity contribution in [1.82, 2.24) is 10.2 Å². The molecular weight excluding hydrogens is 346 g/mol. The van der Waals surface area contributed by atoms with Gasteiger partial charge in [0.1, 0.15) is 5.56 Å². The number of nitro groups is 1. The van der Waals surface area contributed by atoms with Gasteiger partial charge in [-0.2, -0.15) is 0 Å². The lowest BCUT2D eigenvalue weighted by molar-refractivity contribution is -0.385. The molecule has 138 valence electrons. The number of carbonyl (C=O) groups excluding carboxylic acids is 1. The van der Waals surface area contributed by atoms with E-state index in [1.807, 2.05) is 0 Å². The Bertz CT molecular complexity index is 618. The average Bonchev–Trinajstić information content (AvgIpc) is 2.58. The molecule has 1 saturated heterocycles. The molecular formula is C17H24ClN3O4. The zero-order chi connectivity index (χ0) is 18.4. The zero-order valence-electron chi connectivity index (χ0n) is 14.5. The number of hydrogen-bond donors (Lipinski definition) is 1. The normalized spacial score (nSPS) is 16.6. The highest BCUT2D eigenvalue weighted by Crippen LogP contribution is 2.23.